The molecule has 1 saturated carbocycles. The van der Waals surface area contributed by atoms with Crippen LogP contribution in [0.2, 0.25) is 0 Å². The van der Waals surface area contributed by atoms with E-state index in [0.717, 1.165) is 0 Å². The van der Waals surface area contributed by atoms with Crippen LogP contribution in [0.25, 0.3) is 0 Å². The smallest absolute Gasteiger partial charge is 0.326 e. The summed E-state index contributed by atoms with van der Waals surface area (Å²) in [6.07, 6.45) is 3.98. The zero-order valence-electron chi connectivity index (χ0n) is 11.0. The second-order valence-corrected chi connectivity index (χ2v) is 5.39. The van der Waals surface area contributed by atoms with Crippen LogP contribution in [0.5, 0.6) is 0 Å². The largest absolute Gasteiger partial charge is 0.465 e. The Kier molecular flexibility index (Phi) is 3.73. The van der Waals surface area contributed by atoms with Gasteiger partial charge in [0.05, 0.1) is 18.8 Å². The second kappa shape index (κ2) is 4.94. The molecular formula is C13H23NO3. The van der Waals surface area contributed by atoms with Gasteiger partial charge in [-0.25, -0.2) is 0 Å². The summed E-state index contributed by atoms with van der Waals surface area (Å²) < 4.78 is 11.0. The summed E-state index contributed by atoms with van der Waals surface area (Å²) in [6.45, 7) is 6.35. The van der Waals surface area contributed by atoms with Crippen LogP contribution < -0.4 is 5.32 Å². The zero-order valence-corrected chi connectivity index (χ0v) is 11.0. The molecule has 0 aromatic rings. The first-order valence-corrected chi connectivity index (χ1v) is 6.66. The Labute approximate surface area is 103 Å². The van der Waals surface area contributed by atoms with Gasteiger partial charge in [-0.15, -0.1) is 0 Å². The van der Waals surface area contributed by atoms with E-state index in [0.29, 0.717) is 25.5 Å². The molecule has 0 aromatic heterocycles. The van der Waals surface area contributed by atoms with E-state index in [1.165, 1.54) is 12.8 Å². The van der Waals surface area contributed by atoms with Gasteiger partial charge in [-0.05, 0) is 33.6 Å². The molecule has 1 heterocycles. The monoisotopic (exact) mass is 241 g/mol. The average Bonchev–Trinajstić information content (AvgIpc) is 3.00. The first-order chi connectivity index (χ1) is 8.05. The number of hydrogen-bond donors (Lipinski definition) is 1. The maximum absolute atomic E-state index is 12.2. The Balaban J connectivity index is 2.12. The predicted octanol–water partition coefficient (Wildman–Crippen LogP) is 1.63. The van der Waals surface area contributed by atoms with Gasteiger partial charge in [0.25, 0.3) is 0 Å². The Morgan fingerprint density at radius 3 is 2.41 bits per heavy atom. The van der Waals surface area contributed by atoms with Gasteiger partial charge < -0.3 is 9.47 Å². The fourth-order valence-electron chi connectivity index (χ4n) is 2.79. The highest BCUT2D eigenvalue weighted by molar-refractivity contribution is 5.81. The van der Waals surface area contributed by atoms with Gasteiger partial charge in [0.2, 0.25) is 0 Å². The van der Waals surface area contributed by atoms with Crippen molar-refractivity contribution in [2.24, 2.45) is 0 Å². The SMILES string of the molecule is CCOC(=O)C1(NC2CC2)CC(C)OC(C)C1. The number of hydrogen-bond acceptors (Lipinski definition) is 4. The second-order valence-electron chi connectivity index (χ2n) is 5.39. The molecule has 4 heteroatoms. The summed E-state index contributed by atoms with van der Waals surface area (Å²) in [6, 6.07) is 0.497. The van der Waals surface area contributed by atoms with Crippen molar-refractivity contribution in [1.82, 2.24) is 5.32 Å². The standard InChI is InChI=1S/C13H23NO3/c1-4-16-12(15)13(14-11-5-6-11)7-9(2)17-10(3)8-13/h9-11,14H,4-8H2,1-3H3. The third-order valence-corrected chi connectivity index (χ3v) is 3.46. The van der Waals surface area contributed by atoms with E-state index in [9.17, 15) is 4.79 Å². The highest BCUT2D eigenvalue weighted by Crippen LogP contribution is 2.34. The fourth-order valence-corrected chi connectivity index (χ4v) is 2.79. The summed E-state index contributed by atoms with van der Waals surface area (Å²) in [5.74, 6) is -0.103. The molecule has 98 valence electrons. The minimum Gasteiger partial charge on any atom is -0.465 e. The van der Waals surface area contributed by atoms with Crippen molar-refractivity contribution in [3.05, 3.63) is 0 Å². The van der Waals surface area contributed by atoms with Crippen LogP contribution in [0, 0.1) is 0 Å². The Bertz CT molecular complexity index is 273. The van der Waals surface area contributed by atoms with Gasteiger partial charge >= 0.3 is 5.97 Å². The van der Waals surface area contributed by atoms with Crippen molar-refractivity contribution in [2.75, 3.05) is 6.61 Å². The quantitative estimate of drug-likeness (QED) is 0.760. The van der Waals surface area contributed by atoms with Crippen LogP contribution in [0.1, 0.15) is 46.5 Å². The van der Waals surface area contributed by atoms with Gasteiger partial charge in [-0.3, -0.25) is 10.1 Å². The lowest BCUT2D eigenvalue weighted by Crippen LogP contribution is -2.60. The third-order valence-electron chi connectivity index (χ3n) is 3.46. The van der Waals surface area contributed by atoms with E-state index in [2.05, 4.69) is 5.32 Å². The maximum Gasteiger partial charge on any atom is 0.326 e. The van der Waals surface area contributed by atoms with Crippen LogP contribution in [-0.4, -0.2) is 36.4 Å². The Hall–Kier alpha value is -0.610. The van der Waals surface area contributed by atoms with Gasteiger partial charge in [-0.2, -0.15) is 0 Å². The maximum atomic E-state index is 12.2. The molecule has 1 saturated heterocycles. The number of ether oxygens (including phenoxy) is 2. The first-order valence-electron chi connectivity index (χ1n) is 6.66. The molecule has 2 fully saturated rings. The molecule has 2 rings (SSSR count). The van der Waals surface area contributed by atoms with E-state index in [4.69, 9.17) is 9.47 Å². The molecule has 0 radical (unpaired) electrons. The Morgan fingerprint density at radius 1 is 1.35 bits per heavy atom. The first kappa shape index (κ1) is 12.8. The predicted molar refractivity (Wildman–Crippen MR) is 64.8 cm³/mol. The normalized spacial score (nSPS) is 37.8. The number of carbonyl (C=O) groups is 1. The van der Waals surface area contributed by atoms with Crippen LogP contribution in [0.3, 0.4) is 0 Å². The van der Waals surface area contributed by atoms with Crippen molar-refractivity contribution in [2.45, 2.75) is 70.2 Å². The molecule has 0 spiro atoms. The van der Waals surface area contributed by atoms with Crippen molar-refractivity contribution in [1.29, 1.82) is 0 Å². The molecular weight excluding hydrogens is 218 g/mol. The average molecular weight is 241 g/mol. The van der Waals surface area contributed by atoms with E-state index in [-0.39, 0.29) is 18.2 Å². The molecule has 2 aliphatic rings. The fraction of sp³-hybridized carbons (Fsp3) is 0.923. The zero-order chi connectivity index (χ0) is 12.5. The number of rotatable bonds is 4. The lowest BCUT2D eigenvalue weighted by Gasteiger charge is -2.41. The molecule has 2 unspecified atom stereocenters. The summed E-state index contributed by atoms with van der Waals surface area (Å²) >= 11 is 0. The van der Waals surface area contributed by atoms with E-state index < -0.39 is 5.54 Å². The van der Waals surface area contributed by atoms with Crippen LogP contribution in [0.4, 0.5) is 0 Å². The van der Waals surface area contributed by atoms with Crippen molar-refractivity contribution < 1.29 is 14.3 Å². The molecule has 0 bridgehead atoms. The number of nitrogens with one attached hydrogen (secondary N) is 1. The van der Waals surface area contributed by atoms with Crippen molar-refractivity contribution in [3.63, 3.8) is 0 Å². The van der Waals surface area contributed by atoms with Crippen LogP contribution in [-0.2, 0) is 14.3 Å². The summed E-state index contributed by atoms with van der Waals surface area (Å²) in [7, 11) is 0. The molecule has 4 nitrogen and oxygen atoms in total. The molecule has 1 aliphatic heterocycles. The molecule has 1 aliphatic carbocycles. The molecule has 2 atom stereocenters. The van der Waals surface area contributed by atoms with E-state index in [1.54, 1.807) is 0 Å². The summed E-state index contributed by atoms with van der Waals surface area (Å²) in [5, 5.41) is 3.50. The molecule has 17 heavy (non-hydrogen) atoms. The minimum atomic E-state index is -0.520. The molecule has 0 amide bonds. The molecule has 1 N–H and O–H groups in total. The Morgan fingerprint density at radius 2 is 1.94 bits per heavy atom. The summed E-state index contributed by atoms with van der Waals surface area (Å²) in [4.78, 5) is 12.2. The third kappa shape index (κ3) is 2.99. The van der Waals surface area contributed by atoms with Crippen LogP contribution in [0.15, 0.2) is 0 Å². The van der Waals surface area contributed by atoms with Gasteiger partial charge in [0.1, 0.15) is 5.54 Å². The summed E-state index contributed by atoms with van der Waals surface area (Å²) in [5.41, 5.74) is -0.520. The van der Waals surface area contributed by atoms with Gasteiger partial charge in [-0.1, -0.05) is 0 Å². The van der Waals surface area contributed by atoms with Gasteiger partial charge in [0, 0.05) is 18.9 Å². The van der Waals surface area contributed by atoms with E-state index >= 15 is 0 Å². The lowest BCUT2D eigenvalue weighted by molar-refractivity contribution is -0.162. The van der Waals surface area contributed by atoms with Crippen molar-refractivity contribution >= 4 is 5.97 Å². The van der Waals surface area contributed by atoms with E-state index in [1.807, 2.05) is 20.8 Å². The van der Waals surface area contributed by atoms with Crippen LogP contribution >= 0.6 is 0 Å². The minimum absolute atomic E-state index is 0.103. The van der Waals surface area contributed by atoms with Crippen molar-refractivity contribution in [3.8, 4) is 0 Å². The molecule has 0 aromatic carbocycles. The number of carbonyl (C=O) groups excluding carboxylic acids is 1. The van der Waals surface area contributed by atoms with Gasteiger partial charge in [0.15, 0.2) is 0 Å². The topological polar surface area (TPSA) is 47.6 Å². The highest BCUT2D eigenvalue weighted by atomic mass is 16.5. The highest BCUT2D eigenvalue weighted by Gasteiger charge is 2.48. The lowest BCUT2D eigenvalue weighted by atomic mass is 9.84. The number of esters is 1.